The van der Waals surface area contributed by atoms with E-state index in [2.05, 4.69) is 17.1 Å². The highest BCUT2D eigenvalue weighted by Gasteiger charge is 2.12. The van der Waals surface area contributed by atoms with Gasteiger partial charge in [0.05, 0.1) is 6.54 Å². The minimum Gasteiger partial charge on any atom is -0.317 e. The minimum absolute atomic E-state index is 0. The highest BCUT2D eigenvalue weighted by Crippen LogP contribution is 2.08. The van der Waals surface area contributed by atoms with Gasteiger partial charge >= 0.3 is 0 Å². The molecule has 3 nitrogen and oxygen atoms in total. The van der Waals surface area contributed by atoms with Crippen LogP contribution < -0.4 is 5.32 Å². The van der Waals surface area contributed by atoms with Gasteiger partial charge < -0.3 is 5.32 Å². The Labute approximate surface area is 99.0 Å². The van der Waals surface area contributed by atoms with Crippen molar-refractivity contribution in [1.29, 1.82) is 0 Å². The molecule has 0 saturated carbocycles. The maximum Gasteiger partial charge on any atom is 0.148 e. The summed E-state index contributed by atoms with van der Waals surface area (Å²) in [5.74, 6) is 0.382. The zero-order valence-corrected chi connectivity index (χ0v) is 10.4. The average Bonchev–Trinajstić information content (AvgIpc) is 2.20. The van der Waals surface area contributed by atoms with Crippen LogP contribution in [0.3, 0.4) is 0 Å². The van der Waals surface area contributed by atoms with Crippen LogP contribution in [0.5, 0.6) is 0 Å². The lowest BCUT2D eigenvalue weighted by atomic mass is 10.1. The first-order valence-electron chi connectivity index (χ1n) is 5.77. The summed E-state index contributed by atoms with van der Waals surface area (Å²) in [6.07, 6.45) is 4.55. The Morgan fingerprint density at radius 3 is 2.53 bits per heavy atom. The standard InChI is InChI=1S/C11H22N2O.ClH/c1-2-12-7-6-11(14)10-13-8-4-3-5-9-13;/h12H,2-10H2,1H3;1H. The van der Waals surface area contributed by atoms with Crippen LogP contribution in [0.25, 0.3) is 0 Å². The monoisotopic (exact) mass is 234 g/mol. The Balaban J connectivity index is 0.00000196. The van der Waals surface area contributed by atoms with Crippen molar-refractivity contribution < 1.29 is 4.79 Å². The Kier molecular flexibility index (Phi) is 9.06. The summed E-state index contributed by atoms with van der Waals surface area (Å²) >= 11 is 0. The first kappa shape index (κ1) is 14.9. The number of nitrogens with zero attached hydrogens (tertiary/aromatic N) is 1. The maximum atomic E-state index is 11.5. The van der Waals surface area contributed by atoms with Gasteiger partial charge in [0.2, 0.25) is 0 Å². The van der Waals surface area contributed by atoms with Crippen LogP contribution in [-0.2, 0) is 4.79 Å². The third-order valence-electron chi connectivity index (χ3n) is 2.68. The van der Waals surface area contributed by atoms with Crippen molar-refractivity contribution in [3.8, 4) is 0 Å². The molecule has 15 heavy (non-hydrogen) atoms. The Morgan fingerprint density at radius 1 is 1.27 bits per heavy atom. The zero-order chi connectivity index (χ0) is 10.2. The van der Waals surface area contributed by atoms with Crippen molar-refractivity contribution in [3.05, 3.63) is 0 Å². The van der Waals surface area contributed by atoms with E-state index in [1.807, 2.05) is 0 Å². The number of carbonyl (C=O) groups excluding carboxylic acids is 1. The van der Waals surface area contributed by atoms with Crippen LogP contribution in [0.2, 0.25) is 0 Å². The molecule has 1 fully saturated rings. The highest BCUT2D eigenvalue weighted by atomic mass is 35.5. The molecule has 0 aromatic rings. The van der Waals surface area contributed by atoms with Gasteiger partial charge in [-0.1, -0.05) is 13.3 Å². The number of nitrogens with one attached hydrogen (secondary N) is 1. The van der Waals surface area contributed by atoms with E-state index in [-0.39, 0.29) is 12.4 Å². The SMILES string of the molecule is CCNCCC(=O)CN1CCCCC1.Cl. The number of halogens is 1. The molecular formula is C11H23ClN2O. The predicted molar refractivity (Wildman–Crippen MR) is 65.7 cm³/mol. The number of likely N-dealkylation sites (tertiary alicyclic amines) is 1. The Hall–Kier alpha value is -0.120. The van der Waals surface area contributed by atoms with Gasteiger partial charge in [0, 0.05) is 13.0 Å². The van der Waals surface area contributed by atoms with Crippen LogP contribution in [0, 0.1) is 0 Å². The molecule has 1 aliphatic heterocycles. The van der Waals surface area contributed by atoms with E-state index in [9.17, 15) is 4.79 Å². The number of hydrogen-bond donors (Lipinski definition) is 1. The molecule has 0 atom stereocenters. The fourth-order valence-electron chi connectivity index (χ4n) is 1.85. The molecule has 1 rings (SSSR count). The molecule has 1 aliphatic rings. The van der Waals surface area contributed by atoms with Crippen molar-refractivity contribution >= 4 is 18.2 Å². The van der Waals surface area contributed by atoms with Gasteiger partial charge in [0.15, 0.2) is 0 Å². The van der Waals surface area contributed by atoms with Crippen LogP contribution in [0.15, 0.2) is 0 Å². The van der Waals surface area contributed by atoms with Gasteiger partial charge in [0.25, 0.3) is 0 Å². The van der Waals surface area contributed by atoms with Crippen LogP contribution in [0.1, 0.15) is 32.6 Å². The van der Waals surface area contributed by atoms with Crippen molar-refractivity contribution in [2.75, 3.05) is 32.7 Å². The first-order chi connectivity index (χ1) is 6.83. The summed E-state index contributed by atoms with van der Waals surface area (Å²) in [5.41, 5.74) is 0. The van der Waals surface area contributed by atoms with E-state index < -0.39 is 0 Å². The molecule has 4 heteroatoms. The molecule has 0 aromatic heterocycles. The van der Waals surface area contributed by atoms with Crippen LogP contribution >= 0.6 is 12.4 Å². The highest BCUT2D eigenvalue weighted by molar-refractivity contribution is 5.85. The van der Waals surface area contributed by atoms with Crippen LogP contribution in [0.4, 0.5) is 0 Å². The summed E-state index contributed by atoms with van der Waals surface area (Å²) in [6, 6.07) is 0. The second kappa shape index (κ2) is 9.13. The predicted octanol–water partition coefficient (Wildman–Crippen LogP) is 1.46. The molecule has 0 unspecified atom stereocenters. The van der Waals surface area contributed by atoms with Crippen molar-refractivity contribution in [3.63, 3.8) is 0 Å². The number of piperidine rings is 1. The summed E-state index contributed by atoms with van der Waals surface area (Å²) < 4.78 is 0. The number of ketones is 1. The van der Waals surface area contributed by atoms with Crippen LogP contribution in [-0.4, -0.2) is 43.4 Å². The van der Waals surface area contributed by atoms with Gasteiger partial charge in [-0.15, -0.1) is 12.4 Å². The maximum absolute atomic E-state index is 11.5. The molecule has 1 N–H and O–H groups in total. The van der Waals surface area contributed by atoms with Gasteiger partial charge in [-0.05, 0) is 32.5 Å². The van der Waals surface area contributed by atoms with Gasteiger partial charge in [-0.2, -0.15) is 0 Å². The quantitative estimate of drug-likeness (QED) is 0.707. The molecular weight excluding hydrogens is 212 g/mol. The van der Waals surface area contributed by atoms with E-state index in [4.69, 9.17) is 0 Å². The zero-order valence-electron chi connectivity index (χ0n) is 9.63. The Morgan fingerprint density at radius 2 is 1.93 bits per heavy atom. The third kappa shape index (κ3) is 6.88. The first-order valence-corrected chi connectivity index (χ1v) is 5.77. The molecule has 0 aliphatic carbocycles. The second-order valence-corrected chi connectivity index (χ2v) is 3.98. The van der Waals surface area contributed by atoms with Crippen molar-refractivity contribution in [2.45, 2.75) is 32.6 Å². The molecule has 0 spiro atoms. The molecule has 0 aromatic carbocycles. The lowest BCUT2D eigenvalue weighted by Gasteiger charge is -2.25. The number of rotatable bonds is 6. The van der Waals surface area contributed by atoms with Gasteiger partial charge in [-0.25, -0.2) is 0 Å². The molecule has 1 saturated heterocycles. The second-order valence-electron chi connectivity index (χ2n) is 3.98. The molecule has 90 valence electrons. The molecule has 1 heterocycles. The minimum atomic E-state index is 0. The lowest BCUT2D eigenvalue weighted by Crippen LogP contribution is -2.35. The fourth-order valence-corrected chi connectivity index (χ4v) is 1.85. The topological polar surface area (TPSA) is 32.3 Å². The van der Waals surface area contributed by atoms with E-state index >= 15 is 0 Å². The summed E-state index contributed by atoms with van der Waals surface area (Å²) in [6.45, 7) is 6.76. The molecule has 0 radical (unpaired) electrons. The largest absolute Gasteiger partial charge is 0.317 e. The smallest absolute Gasteiger partial charge is 0.148 e. The molecule has 0 amide bonds. The van der Waals surface area contributed by atoms with Gasteiger partial charge in [0.1, 0.15) is 5.78 Å². The average molecular weight is 235 g/mol. The summed E-state index contributed by atoms with van der Waals surface area (Å²) in [4.78, 5) is 13.8. The number of Topliss-reactive ketones (excluding diaryl/α,β-unsaturated/α-hetero) is 1. The normalized spacial score (nSPS) is 17.1. The van der Waals surface area contributed by atoms with Crippen molar-refractivity contribution in [2.24, 2.45) is 0 Å². The van der Waals surface area contributed by atoms with Gasteiger partial charge in [-0.3, -0.25) is 9.69 Å². The van der Waals surface area contributed by atoms with E-state index in [1.54, 1.807) is 0 Å². The van der Waals surface area contributed by atoms with E-state index in [0.29, 0.717) is 18.7 Å². The van der Waals surface area contributed by atoms with E-state index in [0.717, 1.165) is 26.2 Å². The lowest BCUT2D eigenvalue weighted by molar-refractivity contribution is -0.120. The Bertz CT molecular complexity index is 170. The molecule has 0 bridgehead atoms. The summed E-state index contributed by atoms with van der Waals surface area (Å²) in [5, 5.41) is 3.18. The van der Waals surface area contributed by atoms with E-state index in [1.165, 1.54) is 19.3 Å². The fraction of sp³-hybridized carbons (Fsp3) is 0.909. The van der Waals surface area contributed by atoms with Crippen molar-refractivity contribution in [1.82, 2.24) is 10.2 Å². The third-order valence-corrected chi connectivity index (χ3v) is 2.68. The number of carbonyl (C=O) groups is 1. The number of hydrogen-bond acceptors (Lipinski definition) is 3. The summed E-state index contributed by atoms with van der Waals surface area (Å²) in [7, 11) is 0.